The third kappa shape index (κ3) is 4.43. The van der Waals surface area contributed by atoms with Gasteiger partial charge in [-0.2, -0.15) is 5.10 Å². The highest BCUT2D eigenvalue weighted by molar-refractivity contribution is 7.71. The summed E-state index contributed by atoms with van der Waals surface area (Å²) in [6, 6.07) is 15.7. The number of halogens is 1. The van der Waals surface area contributed by atoms with Gasteiger partial charge in [-0.05, 0) is 42.4 Å². The molecule has 0 bridgehead atoms. The number of carbonyl (C=O) groups is 1. The molecule has 0 aliphatic carbocycles. The third-order valence-corrected chi connectivity index (χ3v) is 4.40. The van der Waals surface area contributed by atoms with Crippen LogP contribution in [0.15, 0.2) is 54.6 Å². The van der Waals surface area contributed by atoms with Crippen molar-refractivity contribution in [1.82, 2.24) is 20.1 Å². The predicted molar refractivity (Wildman–Crippen MR) is 99.6 cm³/mol. The molecule has 0 saturated carbocycles. The molecule has 5 nitrogen and oxygen atoms in total. The number of aromatic amines is 1. The standard InChI is InChI=1S/C19H19FN4OS/c1-13(15-7-9-16(20)10-8-15)21-18(25)11-17-22-23-19(26)24(17)12-14-5-3-2-4-6-14/h2-10,13H,11-12H2,1H3,(H,21,25)(H,23,26)/t13-/m0/s1. The number of H-pyrrole nitrogens is 1. The Morgan fingerprint density at radius 3 is 2.62 bits per heavy atom. The van der Waals surface area contributed by atoms with Crippen molar-refractivity contribution in [2.24, 2.45) is 0 Å². The highest BCUT2D eigenvalue weighted by Gasteiger charge is 2.14. The molecule has 0 fully saturated rings. The Hall–Kier alpha value is -2.80. The molecule has 0 aliphatic heterocycles. The monoisotopic (exact) mass is 370 g/mol. The van der Waals surface area contributed by atoms with E-state index in [1.807, 2.05) is 41.8 Å². The molecule has 1 aromatic heterocycles. The first kappa shape index (κ1) is 18.0. The average Bonchev–Trinajstić information content (AvgIpc) is 2.96. The highest BCUT2D eigenvalue weighted by atomic mass is 32.1. The smallest absolute Gasteiger partial charge is 0.228 e. The molecule has 1 atom stereocenters. The summed E-state index contributed by atoms with van der Waals surface area (Å²) in [5.41, 5.74) is 1.91. The van der Waals surface area contributed by atoms with Crippen molar-refractivity contribution in [2.45, 2.75) is 25.9 Å². The molecule has 3 aromatic rings. The van der Waals surface area contributed by atoms with E-state index in [0.717, 1.165) is 11.1 Å². The summed E-state index contributed by atoms with van der Waals surface area (Å²) in [7, 11) is 0. The lowest BCUT2D eigenvalue weighted by Gasteiger charge is -2.14. The van der Waals surface area contributed by atoms with Crippen LogP contribution >= 0.6 is 12.2 Å². The van der Waals surface area contributed by atoms with Crippen LogP contribution in [0.3, 0.4) is 0 Å². The summed E-state index contributed by atoms with van der Waals surface area (Å²) in [5, 5.41) is 9.83. The van der Waals surface area contributed by atoms with Gasteiger partial charge in [0.2, 0.25) is 5.91 Å². The number of benzene rings is 2. The van der Waals surface area contributed by atoms with Gasteiger partial charge in [-0.15, -0.1) is 0 Å². The molecule has 0 saturated heterocycles. The first-order valence-electron chi connectivity index (χ1n) is 8.26. The van der Waals surface area contributed by atoms with Gasteiger partial charge in [-0.25, -0.2) is 4.39 Å². The van der Waals surface area contributed by atoms with Gasteiger partial charge >= 0.3 is 0 Å². The van der Waals surface area contributed by atoms with Gasteiger partial charge in [-0.1, -0.05) is 42.5 Å². The molecule has 2 N–H and O–H groups in total. The fraction of sp³-hybridized carbons (Fsp3) is 0.211. The Labute approximate surface area is 155 Å². The van der Waals surface area contributed by atoms with Gasteiger partial charge in [0.15, 0.2) is 4.77 Å². The van der Waals surface area contributed by atoms with Gasteiger partial charge in [-0.3, -0.25) is 14.5 Å². The van der Waals surface area contributed by atoms with Crippen LogP contribution in [0.5, 0.6) is 0 Å². The van der Waals surface area contributed by atoms with Crippen LogP contribution in [0.25, 0.3) is 0 Å². The first-order chi connectivity index (χ1) is 12.5. The van der Waals surface area contributed by atoms with E-state index in [1.54, 1.807) is 12.1 Å². The molecular formula is C19H19FN4OS. The first-order valence-corrected chi connectivity index (χ1v) is 8.66. The van der Waals surface area contributed by atoms with E-state index >= 15 is 0 Å². The SMILES string of the molecule is C[C@H](NC(=O)Cc1n[nH]c(=S)n1Cc1ccccc1)c1ccc(F)cc1. The summed E-state index contributed by atoms with van der Waals surface area (Å²) in [5.74, 6) is 0.0940. The van der Waals surface area contributed by atoms with Gasteiger partial charge in [0, 0.05) is 0 Å². The molecular weight excluding hydrogens is 351 g/mol. The topological polar surface area (TPSA) is 62.7 Å². The lowest BCUT2D eigenvalue weighted by Crippen LogP contribution is -2.29. The second-order valence-electron chi connectivity index (χ2n) is 6.03. The van der Waals surface area contributed by atoms with Crippen LogP contribution in [0.1, 0.15) is 29.9 Å². The van der Waals surface area contributed by atoms with Crippen molar-refractivity contribution in [3.05, 3.63) is 82.1 Å². The maximum Gasteiger partial charge on any atom is 0.228 e. The number of rotatable bonds is 6. The van der Waals surface area contributed by atoms with Crippen LogP contribution in [0.2, 0.25) is 0 Å². The zero-order valence-corrected chi connectivity index (χ0v) is 15.1. The van der Waals surface area contributed by atoms with E-state index in [4.69, 9.17) is 12.2 Å². The second-order valence-corrected chi connectivity index (χ2v) is 6.42. The van der Waals surface area contributed by atoms with Gasteiger partial charge in [0.05, 0.1) is 19.0 Å². The summed E-state index contributed by atoms with van der Waals surface area (Å²) < 4.78 is 15.3. The number of hydrogen-bond donors (Lipinski definition) is 2. The van der Waals surface area contributed by atoms with E-state index in [-0.39, 0.29) is 24.2 Å². The van der Waals surface area contributed by atoms with Gasteiger partial charge in [0.25, 0.3) is 0 Å². The van der Waals surface area contributed by atoms with Crippen molar-refractivity contribution in [2.75, 3.05) is 0 Å². The van der Waals surface area contributed by atoms with E-state index in [9.17, 15) is 9.18 Å². The highest BCUT2D eigenvalue weighted by Crippen LogP contribution is 2.13. The average molecular weight is 370 g/mol. The van der Waals surface area contributed by atoms with Crippen LogP contribution in [-0.4, -0.2) is 20.7 Å². The van der Waals surface area contributed by atoms with Gasteiger partial charge in [0.1, 0.15) is 11.6 Å². The number of amides is 1. The molecule has 26 heavy (non-hydrogen) atoms. The molecule has 0 spiro atoms. The Morgan fingerprint density at radius 1 is 1.23 bits per heavy atom. The lowest BCUT2D eigenvalue weighted by atomic mass is 10.1. The number of nitrogens with one attached hydrogen (secondary N) is 2. The predicted octanol–water partition coefficient (Wildman–Crippen LogP) is 3.55. The lowest BCUT2D eigenvalue weighted by molar-refractivity contribution is -0.121. The van der Waals surface area contributed by atoms with Crippen molar-refractivity contribution < 1.29 is 9.18 Å². The molecule has 0 unspecified atom stereocenters. The van der Waals surface area contributed by atoms with Gasteiger partial charge < -0.3 is 5.32 Å². The maximum atomic E-state index is 13.0. The van der Waals surface area contributed by atoms with Crippen LogP contribution in [0, 0.1) is 10.6 Å². The Bertz CT molecular complexity index is 934. The summed E-state index contributed by atoms with van der Waals surface area (Å²) in [6.45, 7) is 2.40. The molecule has 3 rings (SSSR count). The van der Waals surface area contributed by atoms with E-state index < -0.39 is 0 Å². The zero-order valence-electron chi connectivity index (χ0n) is 14.3. The molecule has 134 valence electrons. The summed E-state index contributed by atoms with van der Waals surface area (Å²) in [6.07, 6.45) is 0.103. The molecule has 1 amide bonds. The minimum Gasteiger partial charge on any atom is -0.349 e. The molecule has 0 radical (unpaired) electrons. The number of hydrogen-bond acceptors (Lipinski definition) is 3. The van der Waals surface area contributed by atoms with Crippen molar-refractivity contribution in [3.63, 3.8) is 0 Å². The summed E-state index contributed by atoms with van der Waals surface area (Å²) >= 11 is 5.28. The number of aromatic nitrogens is 3. The second kappa shape index (κ2) is 8.05. The molecule has 1 heterocycles. The third-order valence-electron chi connectivity index (χ3n) is 4.09. The Kier molecular flexibility index (Phi) is 5.58. The largest absolute Gasteiger partial charge is 0.349 e. The van der Waals surface area contributed by atoms with Crippen LogP contribution in [0.4, 0.5) is 4.39 Å². The molecule has 0 aliphatic rings. The maximum absolute atomic E-state index is 13.0. The number of nitrogens with zero attached hydrogens (tertiary/aromatic N) is 2. The van der Waals surface area contributed by atoms with Crippen LogP contribution < -0.4 is 5.32 Å². The molecule has 2 aromatic carbocycles. The quantitative estimate of drug-likeness (QED) is 0.653. The van der Waals surface area contributed by atoms with E-state index in [1.165, 1.54) is 12.1 Å². The van der Waals surface area contributed by atoms with E-state index in [0.29, 0.717) is 17.1 Å². The Balaban J connectivity index is 1.68. The van der Waals surface area contributed by atoms with Crippen LogP contribution in [-0.2, 0) is 17.8 Å². The zero-order chi connectivity index (χ0) is 18.5. The summed E-state index contributed by atoms with van der Waals surface area (Å²) in [4.78, 5) is 12.4. The fourth-order valence-electron chi connectivity index (χ4n) is 2.69. The minimum atomic E-state index is -0.302. The van der Waals surface area contributed by atoms with Crippen molar-refractivity contribution in [1.29, 1.82) is 0 Å². The molecule has 7 heteroatoms. The van der Waals surface area contributed by atoms with E-state index in [2.05, 4.69) is 15.5 Å². The van der Waals surface area contributed by atoms with Crippen molar-refractivity contribution in [3.8, 4) is 0 Å². The Morgan fingerprint density at radius 2 is 1.92 bits per heavy atom. The normalized spacial score (nSPS) is 11.9. The minimum absolute atomic E-state index is 0.103. The van der Waals surface area contributed by atoms with Crippen molar-refractivity contribution >= 4 is 18.1 Å². The number of carbonyl (C=O) groups excluding carboxylic acids is 1. The fourth-order valence-corrected chi connectivity index (χ4v) is 2.90.